The van der Waals surface area contributed by atoms with Gasteiger partial charge >= 0.3 is 5.97 Å². The van der Waals surface area contributed by atoms with Gasteiger partial charge in [-0.15, -0.1) is 10.2 Å². The second kappa shape index (κ2) is 9.69. The predicted molar refractivity (Wildman–Crippen MR) is 118 cm³/mol. The van der Waals surface area contributed by atoms with Crippen molar-refractivity contribution in [1.29, 1.82) is 0 Å². The summed E-state index contributed by atoms with van der Waals surface area (Å²) in [7, 11) is 0. The summed E-state index contributed by atoms with van der Waals surface area (Å²) in [5.41, 5.74) is 7.05. The van der Waals surface area contributed by atoms with Gasteiger partial charge in [0.2, 0.25) is 11.8 Å². The number of nitrogens with zero attached hydrogens (tertiary/aromatic N) is 3. The molecular formula is C21H23N5O5S. The molecule has 168 valence electrons. The molecule has 2 aromatic heterocycles. The zero-order chi connectivity index (χ0) is 23.4. The maximum absolute atomic E-state index is 12.6. The van der Waals surface area contributed by atoms with Gasteiger partial charge in [-0.25, -0.2) is 4.79 Å². The number of hydrogen-bond acceptors (Lipinski definition) is 8. The Labute approximate surface area is 188 Å². The minimum Gasteiger partial charge on any atom is -0.462 e. The Balaban J connectivity index is 1.78. The number of anilines is 1. The van der Waals surface area contributed by atoms with Crippen LogP contribution in [0.5, 0.6) is 0 Å². The number of rotatable bonds is 8. The number of benzene rings is 1. The molecule has 3 N–H and O–H groups in total. The van der Waals surface area contributed by atoms with Crippen molar-refractivity contribution in [1.82, 2.24) is 14.8 Å². The number of aromatic nitrogens is 3. The summed E-state index contributed by atoms with van der Waals surface area (Å²) in [6.45, 7) is 7.03. The first-order valence-corrected chi connectivity index (χ1v) is 10.7. The monoisotopic (exact) mass is 457 g/mol. The van der Waals surface area contributed by atoms with Gasteiger partial charge in [0, 0.05) is 5.69 Å². The van der Waals surface area contributed by atoms with Crippen LogP contribution in [0.2, 0.25) is 0 Å². The minimum atomic E-state index is -0.914. The van der Waals surface area contributed by atoms with Crippen molar-refractivity contribution in [2.75, 3.05) is 17.7 Å². The second-order valence-electron chi connectivity index (χ2n) is 6.86. The van der Waals surface area contributed by atoms with E-state index in [2.05, 4.69) is 15.5 Å². The lowest BCUT2D eigenvalue weighted by Crippen LogP contribution is -2.21. The summed E-state index contributed by atoms with van der Waals surface area (Å²) < 4.78 is 12.2. The molecule has 32 heavy (non-hydrogen) atoms. The first kappa shape index (κ1) is 23.1. The number of carbonyl (C=O) groups is 3. The van der Waals surface area contributed by atoms with E-state index in [4.69, 9.17) is 14.9 Å². The molecule has 0 bridgehead atoms. The third kappa shape index (κ3) is 4.83. The normalized spacial score (nSPS) is 10.8. The Kier molecular flexibility index (Phi) is 6.98. The number of esters is 1. The van der Waals surface area contributed by atoms with Crippen LogP contribution in [0.3, 0.4) is 0 Å². The van der Waals surface area contributed by atoms with E-state index in [1.807, 2.05) is 42.7 Å². The SMILES string of the molecule is CCOC(=O)c1c(C)oc(NC(=O)CSc2nnc(C)n2-c2cccc(C)c2)c1C(N)=O. The fraction of sp³-hybridized carbons (Fsp3) is 0.286. The summed E-state index contributed by atoms with van der Waals surface area (Å²) in [5, 5.41) is 11.3. The zero-order valence-corrected chi connectivity index (χ0v) is 18.9. The number of nitrogens with two attached hydrogens (primary N) is 1. The summed E-state index contributed by atoms with van der Waals surface area (Å²) in [4.78, 5) is 36.7. The molecule has 0 aliphatic carbocycles. The van der Waals surface area contributed by atoms with Crippen molar-refractivity contribution in [3.63, 3.8) is 0 Å². The highest BCUT2D eigenvalue weighted by Crippen LogP contribution is 2.28. The molecule has 2 amide bonds. The van der Waals surface area contributed by atoms with Crippen molar-refractivity contribution >= 4 is 35.4 Å². The highest BCUT2D eigenvalue weighted by Gasteiger charge is 2.29. The number of nitrogens with one attached hydrogen (secondary N) is 1. The van der Waals surface area contributed by atoms with Crippen molar-refractivity contribution in [3.05, 3.63) is 52.5 Å². The molecule has 3 rings (SSSR count). The lowest BCUT2D eigenvalue weighted by Gasteiger charge is -2.09. The second-order valence-corrected chi connectivity index (χ2v) is 7.81. The molecule has 0 atom stereocenters. The molecule has 0 spiro atoms. The van der Waals surface area contributed by atoms with Gasteiger partial charge in [0.15, 0.2) is 5.16 Å². The smallest absolute Gasteiger partial charge is 0.342 e. The van der Waals surface area contributed by atoms with Gasteiger partial charge in [0.1, 0.15) is 22.7 Å². The van der Waals surface area contributed by atoms with Crippen molar-refractivity contribution in [3.8, 4) is 5.69 Å². The fourth-order valence-corrected chi connectivity index (χ4v) is 3.91. The molecule has 1 aromatic carbocycles. The quantitative estimate of drug-likeness (QED) is 0.388. The summed E-state index contributed by atoms with van der Waals surface area (Å²) in [6.07, 6.45) is 0. The van der Waals surface area contributed by atoms with E-state index < -0.39 is 17.8 Å². The molecule has 11 heteroatoms. The number of primary amides is 1. The van der Waals surface area contributed by atoms with Gasteiger partial charge in [-0.05, 0) is 45.4 Å². The average Bonchev–Trinajstić information content (AvgIpc) is 3.25. The largest absolute Gasteiger partial charge is 0.462 e. The van der Waals surface area contributed by atoms with Gasteiger partial charge in [-0.3, -0.25) is 19.5 Å². The number of aryl methyl sites for hydroxylation is 3. The number of amides is 2. The van der Waals surface area contributed by atoms with Gasteiger partial charge in [-0.1, -0.05) is 23.9 Å². The summed E-state index contributed by atoms with van der Waals surface area (Å²) >= 11 is 1.16. The molecule has 0 saturated heterocycles. The van der Waals surface area contributed by atoms with Gasteiger partial charge in [0.25, 0.3) is 5.91 Å². The van der Waals surface area contributed by atoms with Crippen LogP contribution >= 0.6 is 11.8 Å². The van der Waals surface area contributed by atoms with Crippen molar-refractivity contribution < 1.29 is 23.5 Å². The molecular weight excluding hydrogens is 434 g/mol. The molecule has 0 saturated carbocycles. The minimum absolute atomic E-state index is 0.0450. The van der Waals surface area contributed by atoms with E-state index in [1.54, 1.807) is 6.92 Å². The molecule has 0 fully saturated rings. The van der Waals surface area contributed by atoms with Crippen LogP contribution in [-0.2, 0) is 9.53 Å². The van der Waals surface area contributed by atoms with Crippen LogP contribution in [0.1, 0.15) is 44.8 Å². The Morgan fingerprint density at radius 3 is 2.59 bits per heavy atom. The molecule has 3 aromatic rings. The summed E-state index contributed by atoms with van der Waals surface area (Å²) in [5.74, 6) is -1.58. The first-order chi connectivity index (χ1) is 15.2. The van der Waals surface area contributed by atoms with Gasteiger partial charge < -0.3 is 14.9 Å². The van der Waals surface area contributed by atoms with E-state index in [0.29, 0.717) is 11.0 Å². The fourth-order valence-electron chi connectivity index (χ4n) is 3.11. The molecule has 2 heterocycles. The molecule has 0 radical (unpaired) electrons. The van der Waals surface area contributed by atoms with E-state index in [9.17, 15) is 14.4 Å². The highest BCUT2D eigenvalue weighted by molar-refractivity contribution is 7.99. The first-order valence-electron chi connectivity index (χ1n) is 9.74. The third-order valence-corrected chi connectivity index (χ3v) is 5.38. The lowest BCUT2D eigenvalue weighted by molar-refractivity contribution is -0.113. The Bertz CT molecular complexity index is 1180. The zero-order valence-electron chi connectivity index (χ0n) is 18.1. The molecule has 10 nitrogen and oxygen atoms in total. The lowest BCUT2D eigenvalue weighted by atomic mass is 10.1. The maximum atomic E-state index is 12.6. The Morgan fingerprint density at radius 2 is 1.94 bits per heavy atom. The van der Waals surface area contributed by atoms with Crippen LogP contribution in [0.4, 0.5) is 5.88 Å². The molecule has 0 aliphatic heterocycles. The van der Waals surface area contributed by atoms with Crippen molar-refractivity contribution in [2.45, 2.75) is 32.9 Å². The van der Waals surface area contributed by atoms with E-state index in [1.165, 1.54) is 6.92 Å². The van der Waals surface area contributed by atoms with Crippen LogP contribution in [0.25, 0.3) is 5.69 Å². The number of carbonyl (C=O) groups excluding carboxylic acids is 3. The van der Waals surface area contributed by atoms with E-state index >= 15 is 0 Å². The third-order valence-electron chi connectivity index (χ3n) is 4.45. The Hall–Kier alpha value is -3.60. The van der Waals surface area contributed by atoms with Gasteiger partial charge in [-0.2, -0.15) is 0 Å². The Morgan fingerprint density at radius 1 is 1.19 bits per heavy atom. The number of ether oxygens (including phenoxy) is 1. The van der Waals surface area contributed by atoms with Crippen molar-refractivity contribution in [2.24, 2.45) is 5.73 Å². The van der Waals surface area contributed by atoms with Crippen LogP contribution in [0, 0.1) is 20.8 Å². The van der Waals surface area contributed by atoms with Crippen LogP contribution in [-0.4, -0.2) is 44.9 Å². The number of hydrogen-bond donors (Lipinski definition) is 2. The molecule has 0 unspecified atom stereocenters. The maximum Gasteiger partial charge on any atom is 0.342 e. The van der Waals surface area contributed by atoms with Crippen LogP contribution in [0.15, 0.2) is 33.8 Å². The molecule has 0 aliphatic rings. The number of furan rings is 1. The topological polar surface area (TPSA) is 142 Å². The van der Waals surface area contributed by atoms with E-state index in [-0.39, 0.29) is 35.1 Å². The average molecular weight is 458 g/mol. The van der Waals surface area contributed by atoms with Gasteiger partial charge in [0.05, 0.1) is 12.4 Å². The highest BCUT2D eigenvalue weighted by atomic mass is 32.2. The number of thioether (sulfide) groups is 1. The standard InChI is InChI=1S/C21H23N5O5S/c1-5-30-20(29)16-12(3)31-19(17(16)18(22)28)23-15(27)10-32-21-25-24-13(4)26(21)14-8-6-7-11(2)9-14/h6-9H,5,10H2,1-4H3,(H2,22,28)(H,23,27). The summed E-state index contributed by atoms with van der Waals surface area (Å²) in [6, 6.07) is 7.82. The van der Waals surface area contributed by atoms with E-state index in [0.717, 1.165) is 23.0 Å². The predicted octanol–water partition coefficient (Wildman–Crippen LogP) is 2.79. The van der Waals surface area contributed by atoms with Crippen LogP contribution < -0.4 is 11.1 Å².